The molecule has 1 N–H and O–H groups in total. The van der Waals surface area contributed by atoms with E-state index in [9.17, 15) is 4.39 Å². The fourth-order valence-electron chi connectivity index (χ4n) is 2.93. The third kappa shape index (κ3) is 3.14. The Kier molecular flexibility index (Phi) is 4.32. The molecule has 0 radical (unpaired) electrons. The summed E-state index contributed by atoms with van der Waals surface area (Å²) in [4.78, 5) is 0. The standard InChI is InChI=1S/C18H20FNS/c1-12-7-14(8-13(2)18(12)19)9-20-17-11-21-10-15-5-3-4-6-16(15)17/h3-8,17,20H,9-11H2,1-2H3. The number of aryl methyl sites for hydroxylation is 2. The van der Waals surface area contributed by atoms with Crippen LogP contribution in [0.1, 0.15) is 33.9 Å². The lowest BCUT2D eigenvalue weighted by molar-refractivity contribution is 0.571. The summed E-state index contributed by atoms with van der Waals surface area (Å²) in [6.45, 7) is 4.44. The Labute approximate surface area is 130 Å². The van der Waals surface area contributed by atoms with Gasteiger partial charge in [0.25, 0.3) is 0 Å². The van der Waals surface area contributed by atoms with Gasteiger partial charge in [-0.3, -0.25) is 0 Å². The van der Waals surface area contributed by atoms with Gasteiger partial charge in [0.2, 0.25) is 0 Å². The second-order valence-electron chi connectivity index (χ2n) is 5.69. The fourth-order valence-corrected chi connectivity index (χ4v) is 4.06. The summed E-state index contributed by atoms with van der Waals surface area (Å²) in [5, 5.41) is 3.62. The first kappa shape index (κ1) is 14.6. The SMILES string of the molecule is Cc1cc(CNC2CSCc3ccccc32)cc(C)c1F. The minimum atomic E-state index is -0.0858. The summed E-state index contributed by atoms with van der Waals surface area (Å²) in [6, 6.07) is 12.9. The lowest BCUT2D eigenvalue weighted by Crippen LogP contribution is -2.26. The van der Waals surface area contributed by atoms with Crippen LogP contribution in [-0.4, -0.2) is 5.75 Å². The molecule has 2 aromatic rings. The van der Waals surface area contributed by atoms with Gasteiger partial charge in [0.1, 0.15) is 5.82 Å². The first-order chi connectivity index (χ1) is 10.1. The molecule has 1 atom stereocenters. The van der Waals surface area contributed by atoms with Crippen LogP contribution in [0.15, 0.2) is 36.4 Å². The molecule has 0 bridgehead atoms. The van der Waals surface area contributed by atoms with Gasteiger partial charge < -0.3 is 5.32 Å². The molecule has 0 aromatic heterocycles. The lowest BCUT2D eigenvalue weighted by atomic mass is 10.0. The van der Waals surface area contributed by atoms with E-state index < -0.39 is 0 Å². The molecule has 1 nitrogen and oxygen atoms in total. The molecule has 0 spiro atoms. The number of benzene rings is 2. The molecule has 0 saturated carbocycles. The third-order valence-corrected chi connectivity index (χ3v) is 5.11. The van der Waals surface area contributed by atoms with Crippen molar-refractivity contribution in [3.8, 4) is 0 Å². The van der Waals surface area contributed by atoms with Crippen molar-refractivity contribution in [2.45, 2.75) is 32.2 Å². The second kappa shape index (κ2) is 6.20. The van der Waals surface area contributed by atoms with E-state index >= 15 is 0 Å². The van der Waals surface area contributed by atoms with Crippen LogP contribution < -0.4 is 5.32 Å². The molecule has 1 aliphatic rings. The zero-order valence-corrected chi connectivity index (χ0v) is 13.3. The number of nitrogens with one attached hydrogen (secondary N) is 1. The maximum atomic E-state index is 13.7. The van der Waals surface area contributed by atoms with Crippen LogP contribution in [0.3, 0.4) is 0 Å². The summed E-state index contributed by atoms with van der Waals surface area (Å²) in [5.41, 5.74) is 5.44. The van der Waals surface area contributed by atoms with E-state index in [-0.39, 0.29) is 5.82 Å². The molecule has 3 rings (SSSR count). The number of fused-ring (bicyclic) bond motifs is 1. The van der Waals surface area contributed by atoms with Crippen LogP contribution in [0, 0.1) is 19.7 Å². The smallest absolute Gasteiger partial charge is 0.129 e. The van der Waals surface area contributed by atoms with Crippen LogP contribution in [0.5, 0.6) is 0 Å². The summed E-state index contributed by atoms with van der Waals surface area (Å²) >= 11 is 1.97. The number of thioether (sulfide) groups is 1. The van der Waals surface area contributed by atoms with Crippen molar-refractivity contribution < 1.29 is 4.39 Å². The highest BCUT2D eigenvalue weighted by molar-refractivity contribution is 7.98. The van der Waals surface area contributed by atoms with Crippen molar-refractivity contribution in [3.05, 3.63) is 70.0 Å². The largest absolute Gasteiger partial charge is 0.305 e. The number of rotatable bonds is 3. The Balaban J connectivity index is 1.74. The van der Waals surface area contributed by atoms with Gasteiger partial charge in [0, 0.05) is 24.1 Å². The predicted molar refractivity (Wildman–Crippen MR) is 88.1 cm³/mol. The summed E-state index contributed by atoms with van der Waals surface area (Å²) < 4.78 is 13.7. The number of hydrogen-bond donors (Lipinski definition) is 1. The summed E-state index contributed by atoms with van der Waals surface area (Å²) in [6.07, 6.45) is 0. The van der Waals surface area contributed by atoms with Crippen molar-refractivity contribution in [1.82, 2.24) is 5.32 Å². The Morgan fingerprint density at radius 2 is 1.90 bits per heavy atom. The number of halogens is 1. The van der Waals surface area contributed by atoms with E-state index in [2.05, 4.69) is 29.6 Å². The first-order valence-corrected chi connectivity index (χ1v) is 8.45. The molecule has 0 aliphatic carbocycles. The van der Waals surface area contributed by atoms with Crippen molar-refractivity contribution >= 4 is 11.8 Å². The zero-order chi connectivity index (χ0) is 14.8. The third-order valence-electron chi connectivity index (χ3n) is 4.02. The predicted octanol–water partition coefficient (Wildman–Crippen LogP) is 4.52. The van der Waals surface area contributed by atoms with E-state index in [1.54, 1.807) is 0 Å². The van der Waals surface area contributed by atoms with Gasteiger partial charge in [-0.1, -0.05) is 36.4 Å². The molecule has 110 valence electrons. The first-order valence-electron chi connectivity index (χ1n) is 7.29. The maximum Gasteiger partial charge on any atom is 0.129 e. The van der Waals surface area contributed by atoms with E-state index in [4.69, 9.17) is 0 Å². The van der Waals surface area contributed by atoms with Gasteiger partial charge in [-0.25, -0.2) is 4.39 Å². The Hall–Kier alpha value is -1.32. The van der Waals surface area contributed by atoms with Crippen molar-refractivity contribution in [2.24, 2.45) is 0 Å². The van der Waals surface area contributed by atoms with Gasteiger partial charge in [-0.15, -0.1) is 0 Å². The highest BCUT2D eigenvalue weighted by atomic mass is 32.2. The minimum absolute atomic E-state index is 0.0858. The molecule has 0 amide bonds. The summed E-state index contributed by atoms with van der Waals surface area (Å²) in [7, 11) is 0. The van der Waals surface area contributed by atoms with Gasteiger partial charge in [-0.2, -0.15) is 11.8 Å². The summed E-state index contributed by atoms with van der Waals surface area (Å²) in [5.74, 6) is 2.11. The van der Waals surface area contributed by atoms with E-state index in [1.807, 2.05) is 37.7 Å². The molecule has 0 fully saturated rings. The molecule has 1 aliphatic heterocycles. The maximum absolute atomic E-state index is 13.7. The monoisotopic (exact) mass is 301 g/mol. The highest BCUT2D eigenvalue weighted by Gasteiger charge is 2.19. The Bertz CT molecular complexity index is 630. The Morgan fingerprint density at radius 1 is 1.19 bits per heavy atom. The van der Waals surface area contributed by atoms with Crippen LogP contribution in [0.4, 0.5) is 4.39 Å². The van der Waals surface area contributed by atoms with Gasteiger partial charge in [-0.05, 0) is 41.7 Å². The average molecular weight is 301 g/mol. The van der Waals surface area contributed by atoms with Crippen molar-refractivity contribution in [2.75, 3.05) is 5.75 Å². The van der Waals surface area contributed by atoms with Gasteiger partial charge in [0.15, 0.2) is 0 Å². The second-order valence-corrected chi connectivity index (χ2v) is 6.72. The molecule has 21 heavy (non-hydrogen) atoms. The van der Waals surface area contributed by atoms with Gasteiger partial charge in [0.05, 0.1) is 0 Å². The van der Waals surface area contributed by atoms with Crippen molar-refractivity contribution in [3.63, 3.8) is 0 Å². The molecule has 0 saturated heterocycles. The highest BCUT2D eigenvalue weighted by Crippen LogP contribution is 2.31. The quantitative estimate of drug-likeness (QED) is 0.894. The van der Waals surface area contributed by atoms with Crippen LogP contribution in [0.2, 0.25) is 0 Å². The zero-order valence-electron chi connectivity index (χ0n) is 12.4. The van der Waals surface area contributed by atoms with E-state index in [1.165, 1.54) is 11.1 Å². The van der Waals surface area contributed by atoms with Crippen LogP contribution in [-0.2, 0) is 12.3 Å². The van der Waals surface area contributed by atoms with E-state index in [0.29, 0.717) is 6.04 Å². The van der Waals surface area contributed by atoms with Crippen molar-refractivity contribution in [1.29, 1.82) is 0 Å². The average Bonchev–Trinajstić information content (AvgIpc) is 2.50. The molecular formula is C18H20FNS. The number of hydrogen-bond acceptors (Lipinski definition) is 2. The normalized spacial score (nSPS) is 17.6. The van der Waals surface area contributed by atoms with E-state index in [0.717, 1.165) is 34.7 Å². The molecule has 3 heteroatoms. The molecule has 1 unspecified atom stereocenters. The van der Waals surface area contributed by atoms with Crippen LogP contribution >= 0.6 is 11.8 Å². The molecule has 2 aromatic carbocycles. The molecule has 1 heterocycles. The van der Waals surface area contributed by atoms with Crippen LogP contribution in [0.25, 0.3) is 0 Å². The Morgan fingerprint density at radius 3 is 2.67 bits per heavy atom. The molecular weight excluding hydrogens is 281 g/mol. The minimum Gasteiger partial charge on any atom is -0.305 e. The fraction of sp³-hybridized carbons (Fsp3) is 0.333. The van der Waals surface area contributed by atoms with Gasteiger partial charge >= 0.3 is 0 Å². The lowest BCUT2D eigenvalue weighted by Gasteiger charge is -2.26. The topological polar surface area (TPSA) is 12.0 Å².